The average Bonchev–Trinajstić information content (AvgIpc) is 3.69. The van der Waals surface area contributed by atoms with E-state index in [2.05, 4.69) is 10.6 Å². The van der Waals surface area contributed by atoms with Gasteiger partial charge in [0.2, 0.25) is 11.8 Å². The SMILES string of the molecule is COc1ccc(C2c3cccn3-c3ccccc3N2C(=O)CN(C(=O)C=Cc2ccccc2)C2CC2)cc1. The summed E-state index contributed by atoms with van der Waals surface area (Å²) in [7, 11) is 1.64. The van der Waals surface area contributed by atoms with Crippen LogP contribution in [0.3, 0.4) is 0 Å². The number of hydrogen-bond acceptors (Lipinski definition) is 3. The number of ether oxygens (including phenoxy) is 1. The summed E-state index contributed by atoms with van der Waals surface area (Å²) in [5.41, 5.74) is 4.69. The quantitative estimate of drug-likeness (QED) is 0.307. The van der Waals surface area contributed by atoms with E-state index in [4.69, 9.17) is 4.74 Å². The van der Waals surface area contributed by atoms with Crippen molar-refractivity contribution in [2.45, 2.75) is 24.9 Å². The van der Waals surface area contributed by atoms with Gasteiger partial charge in [0.25, 0.3) is 0 Å². The molecule has 1 aromatic heterocycles. The largest absolute Gasteiger partial charge is 0.497 e. The number of fused-ring (bicyclic) bond motifs is 3. The van der Waals surface area contributed by atoms with Gasteiger partial charge < -0.3 is 14.2 Å². The third-order valence-electron chi connectivity index (χ3n) is 7.21. The highest BCUT2D eigenvalue weighted by Gasteiger charge is 2.39. The highest BCUT2D eigenvalue weighted by Crippen LogP contribution is 2.42. The summed E-state index contributed by atoms with van der Waals surface area (Å²) in [5, 5.41) is 0. The Kier molecular flexibility index (Phi) is 6.30. The third-order valence-corrected chi connectivity index (χ3v) is 7.21. The summed E-state index contributed by atoms with van der Waals surface area (Å²) in [5.74, 6) is 0.507. The Labute approximate surface area is 222 Å². The number of aromatic nitrogens is 1. The molecule has 1 fully saturated rings. The van der Waals surface area contributed by atoms with E-state index in [-0.39, 0.29) is 30.4 Å². The second-order valence-corrected chi connectivity index (χ2v) is 9.67. The zero-order chi connectivity index (χ0) is 26.1. The molecular formula is C32H29N3O3. The summed E-state index contributed by atoms with van der Waals surface area (Å²) >= 11 is 0. The number of hydrogen-bond donors (Lipinski definition) is 0. The molecule has 0 N–H and O–H groups in total. The van der Waals surface area contributed by atoms with E-state index in [1.165, 1.54) is 0 Å². The van der Waals surface area contributed by atoms with E-state index in [9.17, 15) is 9.59 Å². The molecule has 2 aliphatic rings. The van der Waals surface area contributed by atoms with Gasteiger partial charge in [-0.1, -0.05) is 54.6 Å². The van der Waals surface area contributed by atoms with Gasteiger partial charge in [0, 0.05) is 18.3 Å². The van der Waals surface area contributed by atoms with E-state index in [1.807, 2.05) is 102 Å². The molecule has 2 amide bonds. The molecule has 1 aliphatic carbocycles. The normalized spacial score (nSPS) is 16.1. The van der Waals surface area contributed by atoms with E-state index < -0.39 is 0 Å². The number of para-hydroxylation sites is 2. The number of nitrogens with zero attached hydrogens (tertiary/aromatic N) is 3. The van der Waals surface area contributed by atoms with Gasteiger partial charge in [-0.2, -0.15) is 0 Å². The number of carbonyl (C=O) groups excluding carboxylic acids is 2. The fourth-order valence-corrected chi connectivity index (χ4v) is 5.19. The average molecular weight is 504 g/mol. The summed E-state index contributed by atoms with van der Waals surface area (Å²) in [6, 6.07) is 29.3. The van der Waals surface area contributed by atoms with E-state index in [0.29, 0.717) is 0 Å². The van der Waals surface area contributed by atoms with Crippen LogP contribution in [0.2, 0.25) is 0 Å². The maximum atomic E-state index is 14.2. The van der Waals surface area contributed by atoms with E-state index >= 15 is 0 Å². The monoisotopic (exact) mass is 503 g/mol. The van der Waals surface area contributed by atoms with Gasteiger partial charge >= 0.3 is 0 Å². The maximum Gasteiger partial charge on any atom is 0.247 e. The van der Waals surface area contributed by atoms with Crippen LogP contribution >= 0.6 is 0 Å². The van der Waals surface area contributed by atoms with Crippen molar-refractivity contribution in [1.82, 2.24) is 9.47 Å². The summed E-state index contributed by atoms with van der Waals surface area (Å²) < 4.78 is 7.51. The minimum atomic E-state index is -0.339. The van der Waals surface area contributed by atoms with Crippen molar-refractivity contribution in [1.29, 1.82) is 0 Å². The fourth-order valence-electron chi connectivity index (χ4n) is 5.19. The molecule has 1 unspecified atom stereocenters. The van der Waals surface area contributed by atoms with Gasteiger partial charge in [-0.15, -0.1) is 0 Å². The molecule has 0 bridgehead atoms. The number of carbonyl (C=O) groups is 2. The van der Waals surface area contributed by atoms with Crippen LogP contribution in [0.25, 0.3) is 11.8 Å². The molecule has 0 saturated heterocycles. The lowest BCUT2D eigenvalue weighted by Crippen LogP contribution is -2.47. The predicted molar refractivity (Wildman–Crippen MR) is 148 cm³/mol. The Morgan fingerprint density at radius 1 is 0.895 bits per heavy atom. The highest BCUT2D eigenvalue weighted by atomic mass is 16.5. The first-order chi connectivity index (χ1) is 18.6. The second-order valence-electron chi connectivity index (χ2n) is 9.67. The van der Waals surface area contributed by atoms with Crippen molar-refractivity contribution >= 4 is 23.6 Å². The lowest BCUT2D eigenvalue weighted by Gasteiger charge is -2.39. The van der Waals surface area contributed by atoms with Crippen LogP contribution in [0.5, 0.6) is 5.75 Å². The standard InChI is InChI=1S/C32H29N3O3/c1-38-26-18-14-24(15-19-26)32-29-12-7-21-33(29)27-10-5-6-11-28(27)35(32)31(37)22-34(25-16-17-25)30(36)20-13-23-8-3-2-4-9-23/h2-15,18-21,25,32H,16-17,22H2,1H3. The molecule has 2 heterocycles. The first-order valence-corrected chi connectivity index (χ1v) is 12.9. The van der Waals surface area contributed by atoms with Crippen molar-refractivity contribution in [3.63, 3.8) is 0 Å². The molecule has 3 aromatic carbocycles. The van der Waals surface area contributed by atoms with Gasteiger partial charge in [0.1, 0.15) is 18.3 Å². The van der Waals surface area contributed by atoms with Gasteiger partial charge in [-0.05, 0) is 66.4 Å². The Bertz CT molecular complexity index is 1490. The molecule has 0 radical (unpaired) electrons. The molecule has 6 rings (SSSR count). The molecular weight excluding hydrogens is 474 g/mol. The molecule has 6 heteroatoms. The van der Waals surface area contributed by atoms with Crippen LogP contribution in [0, 0.1) is 0 Å². The Hall–Kier alpha value is -4.58. The summed E-state index contributed by atoms with van der Waals surface area (Å²) in [6.45, 7) is 0.0182. The van der Waals surface area contributed by atoms with Gasteiger partial charge in [0.15, 0.2) is 0 Å². The molecule has 4 aromatic rings. The van der Waals surface area contributed by atoms with Crippen LogP contribution in [-0.4, -0.2) is 41.0 Å². The molecule has 1 saturated carbocycles. The number of amides is 2. The number of rotatable bonds is 7. The second kappa shape index (κ2) is 10.1. The van der Waals surface area contributed by atoms with E-state index in [0.717, 1.165) is 46.8 Å². The fraction of sp³-hybridized carbons (Fsp3) is 0.188. The number of benzene rings is 3. The lowest BCUT2D eigenvalue weighted by atomic mass is 9.97. The minimum Gasteiger partial charge on any atom is -0.497 e. The van der Waals surface area contributed by atoms with Gasteiger partial charge in [0.05, 0.1) is 24.2 Å². The molecule has 38 heavy (non-hydrogen) atoms. The van der Waals surface area contributed by atoms with Crippen LogP contribution in [0.1, 0.15) is 35.7 Å². The van der Waals surface area contributed by atoms with E-state index in [1.54, 1.807) is 18.1 Å². The van der Waals surface area contributed by atoms with Crippen molar-refractivity contribution in [3.8, 4) is 11.4 Å². The molecule has 6 nitrogen and oxygen atoms in total. The third kappa shape index (κ3) is 4.50. The summed E-state index contributed by atoms with van der Waals surface area (Å²) in [4.78, 5) is 31.1. The lowest BCUT2D eigenvalue weighted by molar-refractivity contribution is -0.132. The van der Waals surface area contributed by atoms with Crippen LogP contribution in [-0.2, 0) is 9.59 Å². The van der Waals surface area contributed by atoms with Crippen molar-refractivity contribution < 1.29 is 14.3 Å². The first kappa shape index (κ1) is 23.8. The molecule has 190 valence electrons. The summed E-state index contributed by atoms with van der Waals surface area (Å²) in [6.07, 6.45) is 7.25. The Morgan fingerprint density at radius 2 is 1.61 bits per heavy atom. The van der Waals surface area contributed by atoms with Crippen molar-refractivity contribution in [2.75, 3.05) is 18.6 Å². The molecule has 1 atom stereocenters. The maximum absolute atomic E-state index is 14.2. The van der Waals surface area contributed by atoms with Gasteiger partial charge in [-0.25, -0.2) is 0 Å². The topological polar surface area (TPSA) is 54.8 Å². The van der Waals surface area contributed by atoms with Crippen molar-refractivity contribution in [3.05, 3.63) is 120 Å². The molecule has 1 aliphatic heterocycles. The predicted octanol–water partition coefficient (Wildman–Crippen LogP) is 5.63. The minimum absolute atomic E-state index is 0.0182. The zero-order valence-electron chi connectivity index (χ0n) is 21.2. The molecule has 0 spiro atoms. The number of anilines is 1. The Morgan fingerprint density at radius 3 is 2.32 bits per heavy atom. The van der Waals surface area contributed by atoms with Crippen LogP contribution in [0.4, 0.5) is 5.69 Å². The van der Waals surface area contributed by atoms with Gasteiger partial charge in [-0.3, -0.25) is 14.5 Å². The van der Waals surface area contributed by atoms with Crippen LogP contribution < -0.4 is 9.64 Å². The van der Waals surface area contributed by atoms with Crippen molar-refractivity contribution in [2.24, 2.45) is 0 Å². The zero-order valence-corrected chi connectivity index (χ0v) is 21.2. The highest BCUT2D eigenvalue weighted by molar-refractivity contribution is 6.02. The first-order valence-electron chi connectivity index (χ1n) is 12.9. The van der Waals surface area contributed by atoms with Crippen LogP contribution in [0.15, 0.2) is 103 Å². The smallest absolute Gasteiger partial charge is 0.247 e. The Balaban J connectivity index is 1.35. The number of methoxy groups -OCH3 is 1.